The monoisotopic (exact) mass is 172 g/mol. The number of carbonyl (C=O) groups is 1. The van der Waals surface area contributed by atoms with Crippen molar-refractivity contribution in [1.82, 2.24) is 0 Å². The smallest absolute Gasteiger partial charge is 0.309 e. The lowest BCUT2D eigenvalue weighted by Crippen LogP contribution is -2.08. The number of allylic oxidation sites excluding steroid dienone is 1. The molecule has 1 aliphatic rings. The third kappa shape index (κ3) is 2.64. The van der Waals surface area contributed by atoms with Crippen molar-refractivity contribution in [2.75, 3.05) is 6.61 Å². The second kappa shape index (κ2) is 3.70. The molecule has 0 bridgehead atoms. The summed E-state index contributed by atoms with van der Waals surface area (Å²) in [6, 6.07) is 0. The molecule has 0 aromatic heterocycles. The number of carbonyl (C=O) groups excluding carboxylic acids is 1. The van der Waals surface area contributed by atoms with Crippen LogP contribution in [0.1, 0.15) is 26.7 Å². The van der Waals surface area contributed by atoms with Crippen molar-refractivity contribution < 1.29 is 13.9 Å². The van der Waals surface area contributed by atoms with E-state index in [-0.39, 0.29) is 24.3 Å². The first-order chi connectivity index (χ1) is 5.61. The minimum atomic E-state index is -0.344. The molecule has 1 aliphatic carbocycles. The predicted molar refractivity (Wildman–Crippen MR) is 43.2 cm³/mol. The van der Waals surface area contributed by atoms with Gasteiger partial charge in [-0.2, -0.15) is 0 Å². The molecule has 0 spiro atoms. The molecule has 1 fully saturated rings. The molecule has 0 radical (unpaired) electrons. The fraction of sp³-hybridized carbons (Fsp3) is 0.667. The van der Waals surface area contributed by atoms with Crippen molar-refractivity contribution in [2.24, 2.45) is 5.92 Å². The van der Waals surface area contributed by atoms with E-state index >= 15 is 0 Å². The maximum atomic E-state index is 12.8. The molecule has 12 heavy (non-hydrogen) atoms. The van der Waals surface area contributed by atoms with Gasteiger partial charge in [-0.15, -0.1) is 0 Å². The van der Waals surface area contributed by atoms with E-state index in [0.717, 1.165) is 12.8 Å². The topological polar surface area (TPSA) is 26.3 Å². The van der Waals surface area contributed by atoms with Gasteiger partial charge in [-0.05, 0) is 32.3 Å². The largest absolute Gasteiger partial charge is 0.458 e. The van der Waals surface area contributed by atoms with Crippen molar-refractivity contribution in [3.63, 3.8) is 0 Å². The quantitative estimate of drug-likeness (QED) is 0.610. The fourth-order valence-corrected chi connectivity index (χ4v) is 0.716. The zero-order chi connectivity index (χ0) is 9.14. The number of rotatable bonds is 3. The summed E-state index contributed by atoms with van der Waals surface area (Å²) in [7, 11) is 0. The third-order valence-electron chi connectivity index (χ3n) is 1.79. The average molecular weight is 172 g/mol. The Bertz CT molecular complexity index is 213. The second-order valence-electron chi connectivity index (χ2n) is 3.29. The van der Waals surface area contributed by atoms with Gasteiger partial charge in [0, 0.05) is 0 Å². The van der Waals surface area contributed by atoms with Gasteiger partial charge in [-0.3, -0.25) is 4.79 Å². The van der Waals surface area contributed by atoms with E-state index in [1.54, 1.807) is 13.8 Å². The molecule has 0 atom stereocenters. The number of esters is 1. The van der Waals surface area contributed by atoms with Crippen molar-refractivity contribution in [1.29, 1.82) is 0 Å². The molecule has 0 unspecified atom stereocenters. The fourth-order valence-electron chi connectivity index (χ4n) is 0.716. The van der Waals surface area contributed by atoms with Crippen molar-refractivity contribution in [3.05, 3.63) is 11.4 Å². The number of halogens is 1. The molecule has 0 amide bonds. The van der Waals surface area contributed by atoms with Crippen LogP contribution in [0.15, 0.2) is 11.4 Å². The highest BCUT2D eigenvalue weighted by atomic mass is 19.1. The lowest BCUT2D eigenvalue weighted by atomic mass is 10.3. The minimum Gasteiger partial charge on any atom is -0.458 e. The lowest BCUT2D eigenvalue weighted by Gasteiger charge is -2.02. The molecule has 0 aromatic rings. The summed E-state index contributed by atoms with van der Waals surface area (Å²) >= 11 is 0. The summed E-state index contributed by atoms with van der Waals surface area (Å²) in [5, 5.41) is 0. The van der Waals surface area contributed by atoms with Crippen LogP contribution in [0.2, 0.25) is 0 Å². The Hall–Kier alpha value is -0.860. The van der Waals surface area contributed by atoms with E-state index in [2.05, 4.69) is 0 Å². The van der Waals surface area contributed by atoms with Gasteiger partial charge in [0.15, 0.2) is 0 Å². The van der Waals surface area contributed by atoms with Crippen molar-refractivity contribution in [2.45, 2.75) is 26.7 Å². The zero-order valence-electron chi connectivity index (χ0n) is 7.39. The van der Waals surface area contributed by atoms with E-state index in [9.17, 15) is 9.18 Å². The molecule has 0 N–H and O–H groups in total. The molecule has 0 aliphatic heterocycles. The van der Waals surface area contributed by atoms with Crippen LogP contribution in [0.25, 0.3) is 0 Å². The Morgan fingerprint density at radius 3 is 2.50 bits per heavy atom. The Labute approximate surface area is 71.4 Å². The molecule has 0 heterocycles. The Balaban J connectivity index is 2.24. The minimum absolute atomic E-state index is 0.0509. The van der Waals surface area contributed by atoms with Gasteiger partial charge in [-0.25, -0.2) is 4.39 Å². The Morgan fingerprint density at radius 1 is 1.50 bits per heavy atom. The number of ether oxygens (including phenoxy) is 1. The van der Waals surface area contributed by atoms with Gasteiger partial charge < -0.3 is 4.74 Å². The average Bonchev–Trinajstić information content (AvgIpc) is 2.81. The first-order valence-corrected chi connectivity index (χ1v) is 4.09. The molecular formula is C9H13FO2. The molecule has 1 saturated carbocycles. The van der Waals surface area contributed by atoms with Crippen LogP contribution >= 0.6 is 0 Å². The summed E-state index contributed by atoms with van der Waals surface area (Å²) in [5.74, 6) is -0.551. The SMILES string of the molecule is CC(C)=C(F)COC(=O)C1CC1. The van der Waals surface area contributed by atoms with Crippen LogP contribution < -0.4 is 0 Å². The standard InChI is InChI=1S/C9H13FO2/c1-6(2)8(10)5-12-9(11)7-3-4-7/h7H,3-5H2,1-2H3. The molecule has 3 heteroatoms. The van der Waals surface area contributed by atoms with Gasteiger partial charge in [0.2, 0.25) is 0 Å². The summed E-state index contributed by atoms with van der Waals surface area (Å²) in [5.41, 5.74) is 0.568. The second-order valence-corrected chi connectivity index (χ2v) is 3.29. The zero-order valence-corrected chi connectivity index (χ0v) is 7.39. The van der Waals surface area contributed by atoms with E-state index in [1.165, 1.54) is 0 Å². The van der Waals surface area contributed by atoms with Crippen molar-refractivity contribution in [3.8, 4) is 0 Å². The number of hydrogen-bond acceptors (Lipinski definition) is 2. The summed E-state index contributed by atoms with van der Waals surface area (Å²) in [6.45, 7) is 3.11. The van der Waals surface area contributed by atoms with E-state index in [4.69, 9.17) is 4.74 Å². The predicted octanol–water partition coefficient (Wildman–Crippen LogP) is 2.20. The third-order valence-corrected chi connectivity index (χ3v) is 1.79. The maximum Gasteiger partial charge on any atom is 0.309 e. The molecular weight excluding hydrogens is 159 g/mol. The lowest BCUT2D eigenvalue weighted by molar-refractivity contribution is -0.144. The van der Waals surface area contributed by atoms with E-state index in [1.807, 2.05) is 0 Å². The molecule has 0 aromatic carbocycles. The normalized spacial score (nSPS) is 15.6. The molecule has 68 valence electrons. The van der Waals surface area contributed by atoms with Gasteiger partial charge >= 0.3 is 5.97 Å². The highest BCUT2D eigenvalue weighted by Crippen LogP contribution is 2.30. The summed E-state index contributed by atoms with van der Waals surface area (Å²) in [4.78, 5) is 10.9. The van der Waals surface area contributed by atoms with E-state index < -0.39 is 0 Å². The first kappa shape index (κ1) is 9.23. The van der Waals surface area contributed by atoms with Crippen LogP contribution in [0, 0.1) is 5.92 Å². The highest BCUT2D eigenvalue weighted by Gasteiger charge is 2.31. The van der Waals surface area contributed by atoms with Gasteiger partial charge in [0.05, 0.1) is 5.92 Å². The van der Waals surface area contributed by atoms with Crippen LogP contribution in [0.3, 0.4) is 0 Å². The summed E-state index contributed by atoms with van der Waals surface area (Å²) < 4.78 is 17.5. The van der Waals surface area contributed by atoms with Gasteiger partial charge in [0.1, 0.15) is 12.4 Å². The van der Waals surface area contributed by atoms with Crippen LogP contribution in [0.5, 0.6) is 0 Å². The van der Waals surface area contributed by atoms with Gasteiger partial charge in [0.25, 0.3) is 0 Å². The first-order valence-electron chi connectivity index (χ1n) is 4.09. The van der Waals surface area contributed by atoms with Crippen LogP contribution in [-0.2, 0) is 9.53 Å². The number of hydrogen-bond donors (Lipinski definition) is 0. The Morgan fingerprint density at radius 2 is 2.08 bits per heavy atom. The van der Waals surface area contributed by atoms with Crippen LogP contribution in [0.4, 0.5) is 4.39 Å². The summed E-state index contributed by atoms with van der Waals surface area (Å²) in [6.07, 6.45) is 1.80. The van der Waals surface area contributed by atoms with Gasteiger partial charge in [-0.1, -0.05) is 0 Å². The maximum absolute atomic E-state index is 12.8. The highest BCUT2D eigenvalue weighted by molar-refractivity contribution is 5.75. The Kier molecular flexibility index (Phi) is 2.84. The van der Waals surface area contributed by atoms with E-state index in [0.29, 0.717) is 5.57 Å². The molecule has 2 nitrogen and oxygen atoms in total. The van der Waals surface area contributed by atoms with Crippen LogP contribution in [-0.4, -0.2) is 12.6 Å². The molecule has 1 rings (SSSR count). The van der Waals surface area contributed by atoms with Crippen molar-refractivity contribution >= 4 is 5.97 Å². The molecule has 0 saturated heterocycles.